The molecule has 2 fully saturated rings. The molecule has 2 aliphatic heterocycles. The molecule has 3 rings (SSSR count). The molecule has 15 heavy (non-hydrogen) atoms. The molecule has 1 amide bonds. The molecule has 0 spiro atoms. The third kappa shape index (κ3) is 1.43. The smallest absolute Gasteiger partial charge is 0.258 e. The molecule has 2 aliphatic rings. The molecule has 2 unspecified atom stereocenters. The first-order valence-electron chi connectivity index (χ1n) is 5.26. The zero-order chi connectivity index (χ0) is 10.3. The van der Waals surface area contributed by atoms with Crippen molar-refractivity contribution in [3.05, 3.63) is 18.0 Å². The molecular formula is C10H13N3O2. The Kier molecular flexibility index (Phi) is 1.98. The number of likely N-dealkylation sites (tertiary alicyclic amines) is 1. The van der Waals surface area contributed by atoms with Gasteiger partial charge >= 0.3 is 0 Å². The maximum Gasteiger partial charge on any atom is 0.258 e. The summed E-state index contributed by atoms with van der Waals surface area (Å²) >= 11 is 0. The highest BCUT2D eigenvalue weighted by Crippen LogP contribution is 2.24. The van der Waals surface area contributed by atoms with Crippen LogP contribution in [0.1, 0.15) is 16.8 Å². The molecule has 0 radical (unpaired) electrons. The summed E-state index contributed by atoms with van der Waals surface area (Å²) in [5.41, 5.74) is 0.556. The fourth-order valence-corrected chi connectivity index (χ4v) is 2.33. The topological polar surface area (TPSA) is 58.4 Å². The van der Waals surface area contributed by atoms with E-state index in [1.54, 1.807) is 0 Å². The van der Waals surface area contributed by atoms with Gasteiger partial charge in [-0.1, -0.05) is 5.16 Å². The molecule has 5 nitrogen and oxygen atoms in total. The van der Waals surface area contributed by atoms with Crippen LogP contribution in [0.25, 0.3) is 0 Å². The molecule has 3 heterocycles. The lowest BCUT2D eigenvalue weighted by Crippen LogP contribution is -2.62. The van der Waals surface area contributed by atoms with Gasteiger partial charge in [0.05, 0.1) is 11.8 Å². The molecule has 0 aliphatic carbocycles. The second-order valence-electron chi connectivity index (χ2n) is 4.23. The van der Waals surface area contributed by atoms with Gasteiger partial charge in [0.1, 0.15) is 6.26 Å². The number of carbonyl (C=O) groups excluding carboxylic acids is 1. The van der Waals surface area contributed by atoms with E-state index in [1.807, 2.05) is 4.90 Å². The van der Waals surface area contributed by atoms with Gasteiger partial charge in [-0.15, -0.1) is 0 Å². The summed E-state index contributed by atoms with van der Waals surface area (Å²) in [5, 5.41) is 6.92. The van der Waals surface area contributed by atoms with Crippen molar-refractivity contribution in [2.45, 2.75) is 12.5 Å². The van der Waals surface area contributed by atoms with Gasteiger partial charge in [-0.25, -0.2) is 0 Å². The Balaban J connectivity index is 1.70. The number of nitrogens with one attached hydrogen (secondary N) is 1. The highest BCUT2D eigenvalue weighted by molar-refractivity contribution is 5.93. The van der Waals surface area contributed by atoms with E-state index in [4.69, 9.17) is 0 Å². The van der Waals surface area contributed by atoms with Crippen LogP contribution < -0.4 is 5.32 Å². The van der Waals surface area contributed by atoms with Gasteiger partial charge in [0.15, 0.2) is 0 Å². The summed E-state index contributed by atoms with van der Waals surface area (Å²) in [6.45, 7) is 2.73. The van der Waals surface area contributed by atoms with Gasteiger partial charge in [-0.2, -0.15) is 0 Å². The number of fused-ring (bicyclic) bond motifs is 1. The zero-order valence-electron chi connectivity index (χ0n) is 8.35. The van der Waals surface area contributed by atoms with E-state index >= 15 is 0 Å². The molecule has 5 heteroatoms. The molecule has 1 aromatic heterocycles. The number of hydrogen-bond donors (Lipinski definition) is 1. The monoisotopic (exact) mass is 207 g/mol. The Morgan fingerprint density at radius 3 is 3.20 bits per heavy atom. The molecular weight excluding hydrogens is 194 g/mol. The van der Waals surface area contributed by atoms with E-state index in [0.29, 0.717) is 17.5 Å². The summed E-state index contributed by atoms with van der Waals surface area (Å²) in [5.74, 6) is 0.684. The van der Waals surface area contributed by atoms with Gasteiger partial charge in [0.2, 0.25) is 0 Å². The Morgan fingerprint density at radius 2 is 2.60 bits per heavy atom. The number of carbonyl (C=O) groups is 1. The number of nitrogens with zero attached hydrogens (tertiary/aromatic N) is 2. The van der Waals surface area contributed by atoms with Crippen molar-refractivity contribution >= 4 is 5.91 Å². The molecule has 0 bridgehead atoms. The van der Waals surface area contributed by atoms with E-state index in [2.05, 4.69) is 15.0 Å². The lowest BCUT2D eigenvalue weighted by molar-refractivity contribution is 0.0508. The Hall–Kier alpha value is -1.36. The van der Waals surface area contributed by atoms with Crippen molar-refractivity contribution in [1.29, 1.82) is 0 Å². The Bertz CT molecular complexity index is 363. The van der Waals surface area contributed by atoms with Crippen LogP contribution >= 0.6 is 0 Å². The van der Waals surface area contributed by atoms with Crippen LogP contribution in [-0.4, -0.2) is 41.6 Å². The SMILES string of the molecule is O=C(c1cnoc1)N1CCC2NCC2C1. The normalized spacial score (nSPS) is 29.5. The summed E-state index contributed by atoms with van der Waals surface area (Å²) in [4.78, 5) is 13.8. The minimum atomic E-state index is 0.0431. The molecule has 2 atom stereocenters. The standard InChI is InChI=1S/C10H13N3O2/c14-10(8-4-12-15-6-8)13-2-1-9-7(5-13)3-11-9/h4,6-7,9,11H,1-3,5H2. The number of hydrogen-bond acceptors (Lipinski definition) is 4. The van der Waals surface area contributed by atoms with Crippen LogP contribution in [0.4, 0.5) is 0 Å². The van der Waals surface area contributed by atoms with Crippen LogP contribution in [0.2, 0.25) is 0 Å². The van der Waals surface area contributed by atoms with E-state index < -0.39 is 0 Å². The third-order valence-electron chi connectivity index (χ3n) is 3.34. The molecule has 80 valence electrons. The average molecular weight is 207 g/mol. The number of aromatic nitrogens is 1. The number of amides is 1. The van der Waals surface area contributed by atoms with Gasteiger partial charge in [-0.3, -0.25) is 4.79 Å². The maximum absolute atomic E-state index is 11.9. The largest absolute Gasteiger partial charge is 0.364 e. The van der Waals surface area contributed by atoms with E-state index in [9.17, 15) is 4.79 Å². The predicted molar refractivity (Wildman–Crippen MR) is 52.3 cm³/mol. The lowest BCUT2D eigenvalue weighted by atomic mass is 9.85. The minimum Gasteiger partial charge on any atom is -0.364 e. The lowest BCUT2D eigenvalue weighted by Gasteiger charge is -2.46. The van der Waals surface area contributed by atoms with E-state index in [-0.39, 0.29) is 5.91 Å². The zero-order valence-corrected chi connectivity index (χ0v) is 8.35. The van der Waals surface area contributed by atoms with Gasteiger partial charge in [0.25, 0.3) is 5.91 Å². The van der Waals surface area contributed by atoms with Crippen LogP contribution in [0.15, 0.2) is 17.0 Å². The van der Waals surface area contributed by atoms with Crippen molar-refractivity contribution in [1.82, 2.24) is 15.4 Å². The highest BCUT2D eigenvalue weighted by atomic mass is 16.5. The second-order valence-corrected chi connectivity index (χ2v) is 4.23. The van der Waals surface area contributed by atoms with Crippen LogP contribution in [0.3, 0.4) is 0 Å². The Morgan fingerprint density at radius 1 is 1.67 bits per heavy atom. The number of piperidine rings is 1. The molecule has 1 N–H and O–H groups in total. The van der Waals surface area contributed by atoms with Gasteiger partial charge in [0, 0.05) is 31.6 Å². The predicted octanol–water partition coefficient (Wildman–Crippen LogP) is 0.108. The quantitative estimate of drug-likeness (QED) is 0.710. The Labute approximate surface area is 87.4 Å². The molecule has 0 saturated carbocycles. The first-order chi connectivity index (χ1) is 7.34. The first-order valence-corrected chi connectivity index (χ1v) is 5.26. The first kappa shape index (κ1) is 8.91. The van der Waals surface area contributed by atoms with E-state index in [1.165, 1.54) is 12.5 Å². The fraction of sp³-hybridized carbons (Fsp3) is 0.600. The van der Waals surface area contributed by atoms with Crippen molar-refractivity contribution in [3.8, 4) is 0 Å². The average Bonchev–Trinajstić information content (AvgIpc) is 2.72. The summed E-state index contributed by atoms with van der Waals surface area (Å²) in [6.07, 6.45) is 3.95. The minimum absolute atomic E-state index is 0.0431. The van der Waals surface area contributed by atoms with Gasteiger partial charge in [-0.05, 0) is 6.42 Å². The summed E-state index contributed by atoms with van der Waals surface area (Å²) < 4.78 is 4.68. The molecule has 1 aromatic rings. The molecule has 2 saturated heterocycles. The van der Waals surface area contributed by atoms with Gasteiger partial charge < -0.3 is 14.7 Å². The molecule has 0 aromatic carbocycles. The third-order valence-corrected chi connectivity index (χ3v) is 3.34. The highest BCUT2D eigenvalue weighted by Gasteiger charge is 2.37. The maximum atomic E-state index is 11.9. The number of rotatable bonds is 1. The summed E-state index contributed by atoms with van der Waals surface area (Å²) in [6, 6.07) is 0.636. The fourth-order valence-electron chi connectivity index (χ4n) is 2.33. The van der Waals surface area contributed by atoms with Crippen LogP contribution in [0, 0.1) is 5.92 Å². The van der Waals surface area contributed by atoms with Crippen molar-refractivity contribution in [3.63, 3.8) is 0 Å². The van der Waals surface area contributed by atoms with Crippen molar-refractivity contribution in [2.24, 2.45) is 5.92 Å². The van der Waals surface area contributed by atoms with Crippen LogP contribution in [0.5, 0.6) is 0 Å². The van der Waals surface area contributed by atoms with E-state index in [0.717, 1.165) is 26.1 Å². The second kappa shape index (κ2) is 3.34. The van der Waals surface area contributed by atoms with Crippen molar-refractivity contribution in [2.75, 3.05) is 19.6 Å². The summed E-state index contributed by atoms with van der Waals surface area (Å²) in [7, 11) is 0. The van der Waals surface area contributed by atoms with Crippen LogP contribution in [-0.2, 0) is 0 Å². The van der Waals surface area contributed by atoms with Crippen molar-refractivity contribution < 1.29 is 9.32 Å².